The summed E-state index contributed by atoms with van der Waals surface area (Å²) >= 11 is 0. The van der Waals surface area contributed by atoms with E-state index < -0.39 is 0 Å². The van der Waals surface area contributed by atoms with E-state index in [1.54, 1.807) is 0 Å². The number of para-hydroxylation sites is 1. The Bertz CT molecular complexity index is 724. The summed E-state index contributed by atoms with van der Waals surface area (Å²) < 4.78 is 11.7. The van der Waals surface area contributed by atoms with E-state index in [0.29, 0.717) is 0 Å². The summed E-state index contributed by atoms with van der Waals surface area (Å²) in [6.45, 7) is 8.43. The molecule has 3 aromatic rings. The maximum absolute atomic E-state index is 5.90. The highest BCUT2D eigenvalue weighted by molar-refractivity contribution is 5.82. The van der Waals surface area contributed by atoms with Crippen LogP contribution in [0.4, 0.5) is 0 Å². The third-order valence-corrected chi connectivity index (χ3v) is 4.35. The second kappa shape index (κ2) is 8.02. The number of hydrogen-bond acceptors (Lipinski definition) is 3. The zero-order valence-electron chi connectivity index (χ0n) is 14.5. The molecule has 0 unspecified atom stereocenters. The van der Waals surface area contributed by atoms with Crippen molar-refractivity contribution in [2.75, 3.05) is 26.2 Å². The smallest absolute Gasteiger partial charge is 0.135 e. The van der Waals surface area contributed by atoms with Gasteiger partial charge in [0.15, 0.2) is 0 Å². The van der Waals surface area contributed by atoms with Crippen LogP contribution in [-0.4, -0.2) is 31.1 Å². The summed E-state index contributed by atoms with van der Waals surface area (Å²) in [7, 11) is 0. The van der Waals surface area contributed by atoms with Crippen LogP contribution in [0.1, 0.15) is 20.3 Å². The first-order valence-electron chi connectivity index (χ1n) is 8.74. The molecule has 24 heavy (non-hydrogen) atoms. The number of hydrogen-bond donors (Lipinski definition) is 0. The van der Waals surface area contributed by atoms with Crippen LogP contribution in [0.25, 0.3) is 22.3 Å². The Morgan fingerprint density at radius 1 is 0.958 bits per heavy atom. The average molecular weight is 323 g/mol. The van der Waals surface area contributed by atoms with Crippen molar-refractivity contribution in [3.63, 3.8) is 0 Å². The summed E-state index contributed by atoms with van der Waals surface area (Å²) in [6.07, 6.45) is 1.05. The third-order valence-electron chi connectivity index (χ3n) is 4.35. The Balaban J connectivity index is 1.57. The summed E-state index contributed by atoms with van der Waals surface area (Å²) in [6, 6.07) is 18.3. The van der Waals surface area contributed by atoms with E-state index >= 15 is 0 Å². The highest BCUT2D eigenvalue weighted by Crippen LogP contribution is 2.28. The predicted molar refractivity (Wildman–Crippen MR) is 99.6 cm³/mol. The van der Waals surface area contributed by atoms with Crippen LogP contribution >= 0.6 is 0 Å². The SMILES string of the molecule is CCN(CC)CCCOc1ccc(-c2cc3ccccc3o2)cc1. The summed E-state index contributed by atoms with van der Waals surface area (Å²) in [5.74, 6) is 1.80. The zero-order chi connectivity index (χ0) is 16.8. The lowest BCUT2D eigenvalue weighted by molar-refractivity contribution is 0.249. The Kier molecular flexibility index (Phi) is 5.55. The summed E-state index contributed by atoms with van der Waals surface area (Å²) in [5.41, 5.74) is 1.99. The van der Waals surface area contributed by atoms with Crippen molar-refractivity contribution in [1.29, 1.82) is 0 Å². The standard InChI is InChI=1S/C21H25NO2/c1-3-22(4-2)14-7-15-23-19-12-10-17(11-13-19)21-16-18-8-5-6-9-20(18)24-21/h5-6,8-13,16H,3-4,7,14-15H2,1-2H3. The highest BCUT2D eigenvalue weighted by atomic mass is 16.5. The quantitative estimate of drug-likeness (QED) is 0.532. The molecule has 3 nitrogen and oxygen atoms in total. The van der Waals surface area contributed by atoms with E-state index in [1.807, 2.05) is 30.3 Å². The van der Waals surface area contributed by atoms with Crippen molar-refractivity contribution in [3.05, 3.63) is 54.6 Å². The van der Waals surface area contributed by atoms with Crippen LogP contribution in [-0.2, 0) is 0 Å². The Morgan fingerprint density at radius 2 is 1.71 bits per heavy atom. The van der Waals surface area contributed by atoms with Crippen LogP contribution in [0.15, 0.2) is 59.0 Å². The molecule has 0 aliphatic heterocycles. The molecule has 0 saturated carbocycles. The maximum Gasteiger partial charge on any atom is 0.135 e. The van der Waals surface area contributed by atoms with Gasteiger partial charge in [0.25, 0.3) is 0 Å². The van der Waals surface area contributed by atoms with Crippen LogP contribution < -0.4 is 4.74 Å². The van der Waals surface area contributed by atoms with E-state index in [-0.39, 0.29) is 0 Å². The van der Waals surface area contributed by atoms with Crippen molar-refractivity contribution >= 4 is 11.0 Å². The fraction of sp³-hybridized carbons (Fsp3) is 0.333. The fourth-order valence-corrected chi connectivity index (χ4v) is 2.86. The summed E-state index contributed by atoms with van der Waals surface area (Å²) in [4.78, 5) is 2.41. The first-order valence-corrected chi connectivity index (χ1v) is 8.74. The van der Waals surface area contributed by atoms with Crippen molar-refractivity contribution in [1.82, 2.24) is 4.90 Å². The molecule has 0 aliphatic rings. The molecule has 0 radical (unpaired) electrons. The molecule has 0 saturated heterocycles. The minimum atomic E-state index is 0.750. The minimum Gasteiger partial charge on any atom is -0.494 e. The van der Waals surface area contributed by atoms with Gasteiger partial charge in [0, 0.05) is 17.5 Å². The molecule has 1 heterocycles. The van der Waals surface area contributed by atoms with E-state index in [0.717, 1.165) is 60.7 Å². The van der Waals surface area contributed by atoms with Crippen LogP contribution in [0.3, 0.4) is 0 Å². The van der Waals surface area contributed by atoms with Crippen LogP contribution in [0, 0.1) is 0 Å². The van der Waals surface area contributed by atoms with Crippen molar-refractivity contribution < 1.29 is 9.15 Å². The average Bonchev–Trinajstić information content (AvgIpc) is 3.06. The summed E-state index contributed by atoms with van der Waals surface area (Å²) in [5, 5.41) is 1.13. The molecule has 2 aromatic carbocycles. The number of benzene rings is 2. The van der Waals surface area contributed by atoms with Gasteiger partial charge >= 0.3 is 0 Å². The molecular formula is C21H25NO2. The maximum atomic E-state index is 5.90. The van der Waals surface area contributed by atoms with Gasteiger partial charge in [0.1, 0.15) is 17.1 Å². The van der Waals surface area contributed by atoms with E-state index in [2.05, 4.69) is 43.0 Å². The van der Waals surface area contributed by atoms with Crippen molar-refractivity contribution in [2.45, 2.75) is 20.3 Å². The van der Waals surface area contributed by atoms with Crippen LogP contribution in [0.2, 0.25) is 0 Å². The van der Waals surface area contributed by atoms with Crippen LogP contribution in [0.5, 0.6) is 5.75 Å². The molecule has 0 amide bonds. The molecule has 126 valence electrons. The van der Waals surface area contributed by atoms with Gasteiger partial charge in [-0.1, -0.05) is 32.0 Å². The second-order valence-electron chi connectivity index (χ2n) is 5.90. The van der Waals surface area contributed by atoms with Gasteiger partial charge in [0.05, 0.1) is 6.61 Å². The van der Waals surface area contributed by atoms with Gasteiger partial charge < -0.3 is 14.1 Å². The van der Waals surface area contributed by atoms with E-state index in [9.17, 15) is 0 Å². The lowest BCUT2D eigenvalue weighted by atomic mass is 10.1. The predicted octanol–water partition coefficient (Wildman–Crippen LogP) is 5.21. The fourth-order valence-electron chi connectivity index (χ4n) is 2.86. The van der Waals surface area contributed by atoms with Gasteiger partial charge in [-0.2, -0.15) is 0 Å². The normalized spacial score (nSPS) is 11.3. The second-order valence-corrected chi connectivity index (χ2v) is 5.90. The molecule has 3 heteroatoms. The number of ether oxygens (including phenoxy) is 1. The molecule has 0 N–H and O–H groups in total. The van der Waals surface area contributed by atoms with Gasteiger partial charge in [-0.3, -0.25) is 0 Å². The molecule has 0 aliphatic carbocycles. The third kappa shape index (κ3) is 3.98. The molecule has 0 atom stereocenters. The molecule has 0 spiro atoms. The molecule has 0 fully saturated rings. The largest absolute Gasteiger partial charge is 0.494 e. The topological polar surface area (TPSA) is 25.6 Å². The van der Waals surface area contributed by atoms with Crippen molar-refractivity contribution in [2.24, 2.45) is 0 Å². The molecule has 1 aromatic heterocycles. The number of nitrogens with zero attached hydrogens (tertiary/aromatic N) is 1. The first-order chi connectivity index (χ1) is 11.8. The van der Waals surface area contributed by atoms with Gasteiger partial charge in [-0.15, -0.1) is 0 Å². The Morgan fingerprint density at radius 3 is 2.42 bits per heavy atom. The monoisotopic (exact) mass is 323 g/mol. The Labute approximate surface area is 143 Å². The molecule has 0 bridgehead atoms. The lowest BCUT2D eigenvalue weighted by Crippen LogP contribution is -2.25. The zero-order valence-corrected chi connectivity index (χ0v) is 14.5. The van der Waals surface area contributed by atoms with Gasteiger partial charge in [0.2, 0.25) is 0 Å². The van der Waals surface area contributed by atoms with Crippen molar-refractivity contribution in [3.8, 4) is 17.1 Å². The lowest BCUT2D eigenvalue weighted by Gasteiger charge is -2.17. The molecular weight excluding hydrogens is 298 g/mol. The Hall–Kier alpha value is -2.26. The first kappa shape index (κ1) is 16.6. The number of fused-ring (bicyclic) bond motifs is 1. The molecule has 3 rings (SSSR count). The number of furan rings is 1. The minimum absolute atomic E-state index is 0.750. The van der Waals surface area contributed by atoms with Gasteiger partial charge in [-0.25, -0.2) is 0 Å². The highest BCUT2D eigenvalue weighted by Gasteiger charge is 2.06. The number of rotatable bonds is 8. The van der Waals surface area contributed by atoms with E-state index in [4.69, 9.17) is 9.15 Å². The van der Waals surface area contributed by atoms with E-state index in [1.165, 1.54) is 0 Å². The van der Waals surface area contributed by atoms with Gasteiger partial charge in [-0.05, 0) is 55.9 Å².